The number of benzene rings is 1. The zero-order valence-electron chi connectivity index (χ0n) is 12.9. The third-order valence-electron chi connectivity index (χ3n) is 3.07. The summed E-state index contributed by atoms with van der Waals surface area (Å²) in [5.41, 5.74) is -2.31. The van der Waals surface area contributed by atoms with Gasteiger partial charge in [0, 0.05) is 13.1 Å². The van der Waals surface area contributed by atoms with Crippen molar-refractivity contribution in [1.82, 2.24) is 4.31 Å². The van der Waals surface area contributed by atoms with Crippen molar-refractivity contribution in [2.75, 3.05) is 13.1 Å². The first-order chi connectivity index (χ1) is 9.79. The molecule has 0 heterocycles. The van der Waals surface area contributed by atoms with Gasteiger partial charge in [-0.2, -0.15) is 17.5 Å². The first-order valence-electron chi connectivity index (χ1n) is 6.69. The van der Waals surface area contributed by atoms with Crippen molar-refractivity contribution in [2.45, 2.75) is 44.4 Å². The fraction of sp³-hybridized carbons (Fsp3) is 0.571. The SMILES string of the molecule is CCN(CC(C)(C)O)S(=O)(=O)c1ccc(C)c(C(F)(F)F)c1. The molecule has 1 rings (SSSR count). The van der Waals surface area contributed by atoms with E-state index in [0.29, 0.717) is 6.07 Å². The Kier molecular flexibility index (Phi) is 5.31. The second kappa shape index (κ2) is 6.17. The van der Waals surface area contributed by atoms with Crippen molar-refractivity contribution in [3.63, 3.8) is 0 Å². The monoisotopic (exact) mass is 339 g/mol. The van der Waals surface area contributed by atoms with Crippen LogP contribution < -0.4 is 0 Å². The van der Waals surface area contributed by atoms with Crippen molar-refractivity contribution in [1.29, 1.82) is 0 Å². The van der Waals surface area contributed by atoms with Crippen LogP contribution in [-0.4, -0.2) is 36.5 Å². The number of halogens is 3. The predicted octanol–water partition coefficient (Wildman–Crippen LogP) is 2.80. The van der Waals surface area contributed by atoms with E-state index in [4.69, 9.17) is 0 Å². The number of likely N-dealkylation sites (N-methyl/N-ethyl adjacent to an activating group) is 1. The minimum atomic E-state index is -4.62. The van der Waals surface area contributed by atoms with Crippen LogP contribution in [-0.2, 0) is 16.2 Å². The molecule has 0 amide bonds. The average molecular weight is 339 g/mol. The molecule has 0 aliphatic carbocycles. The van der Waals surface area contributed by atoms with Gasteiger partial charge in [-0.05, 0) is 38.5 Å². The second-order valence-electron chi connectivity index (χ2n) is 5.72. The topological polar surface area (TPSA) is 57.6 Å². The Morgan fingerprint density at radius 3 is 2.18 bits per heavy atom. The van der Waals surface area contributed by atoms with Gasteiger partial charge in [-0.3, -0.25) is 0 Å². The number of aryl methyl sites for hydroxylation is 1. The Hall–Kier alpha value is -1.12. The van der Waals surface area contributed by atoms with E-state index in [9.17, 15) is 26.7 Å². The van der Waals surface area contributed by atoms with Crippen molar-refractivity contribution in [2.24, 2.45) is 0 Å². The standard InChI is InChI=1S/C14H20F3NO3S/c1-5-18(9-13(3,4)19)22(20,21)11-7-6-10(2)12(8-11)14(15,16)17/h6-8,19H,5,9H2,1-4H3. The molecule has 0 bridgehead atoms. The lowest BCUT2D eigenvalue weighted by molar-refractivity contribution is -0.138. The van der Waals surface area contributed by atoms with Crippen LogP contribution in [0.1, 0.15) is 31.9 Å². The zero-order valence-corrected chi connectivity index (χ0v) is 13.7. The Morgan fingerprint density at radius 2 is 1.77 bits per heavy atom. The molecule has 126 valence electrons. The smallest absolute Gasteiger partial charge is 0.389 e. The highest BCUT2D eigenvalue weighted by atomic mass is 32.2. The normalized spacial score (nSPS) is 13.7. The highest BCUT2D eigenvalue weighted by Gasteiger charge is 2.35. The lowest BCUT2D eigenvalue weighted by atomic mass is 10.1. The van der Waals surface area contributed by atoms with Gasteiger partial charge in [-0.15, -0.1) is 0 Å². The number of hydrogen-bond donors (Lipinski definition) is 1. The molecular weight excluding hydrogens is 319 g/mol. The van der Waals surface area contributed by atoms with Gasteiger partial charge in [0.15, 0.2) is 0 Å². The van der Waals surface area contributed by atoms with Crippen molar-refractivity contribution in [3.8, 4) is 0 Å². The molecule has 0 unspecified atom stereocenters. The molecule has 4 nitrogen and oxygen atoms in total. The van der Waals surface area contributed by atoms with Crippen LogP contribution >= 0.6 is 0 Å². The molecule has 0 aliphatic rings. The summed E-state index contributed by atoms with van der Waals surface area (Å²) in [6, 6.07) is 2.91. The van der Waals surface area contributed by atoms with Crippen LogP contribution in [0.15, 0.2) is 23.1 Å². The average Bonchev–Trinajstić information content (AvgIpc) is 2.33. The lowest BCUT2D eigenvalue weighted by Gasteiger charge is -2.27. The summed E-state index contributed by atoms with van der Waals surface area (Å²) in [7, 11) is -4.11. The van der Waals surface area contributed by atoms with Crippen LogP contribution in [0.2, 0.25) is 0 Å². The summed E-state index contributed by atoms with van der Waals surface area (Å²) in [6.45, 7) is 5.53. The van der Waals surface area contributed by atoms with E-state index < -0.39 is 32.3 Å². The van der Waals surface area contributed by atoms with Gasteiger partial charge in [0.2, 0.25) is 10.0 Å². The third kappa shape index (κ3) is 4.44. The maximum absolute atomic E-state index is 12.9. The summed E-state index contributed by atoms with van der Waals surface area (Å²) in [5, 5.41) is 9.77. The third-order valence-corrected chi connectivity index (χ3v) is 4.98. The van der Waals surface area contributed by atoms with E-state index in [2.05, 4.69) is 0 Å². The summed E-state index contributed by atoms with van der Waals surface area (Å²) in [6.07, 6.45) is -4.62. The van der Waals surface area contributed by atoms with Gasteiger partial charge in [0.05, 0.1) is 16.1 Å². The van der Waals surface area contributed by atoms with Crippen molar-refractivity contribution in [3.05, 3.63) is 29.3 Å². The van der Waals surface area contributed by atoms with E-state index >= 15 is 0 Å². The summed E-state index contributed by atoms with van der Waals surface area (Å²) < 4.78 is 64.7. The Bertz CT molecular complexity index is 634. The fourth-order valence-corrected chi connectivity index (χ4v) is 3.65. The van der Waals surface area contributed by atoms with E-state index in [1.807, 2.05) is 0 Å². The van der Waals surface area contributed by atoms with E-state index in [1.165, 1.54) is 20.8 Å². The molecule has 0 aliphatic heterocycles. The molecule has 0 radical (unpaired) electrons. The maximum Gasteiger partial charge on any atom is 0.416 e. The van der Waals surface area contributed by atoms with E-state index in [1.54, 1.807) is 6.92 Å². The Balaban J connectivity index is 3.34. The van der Waals surface area contributed by atoms with Gasteiger partial charge in [0.1, 0.15) is 0 Å². The fourth-order valence-electron chi connectivity index (χ4n) is 2.01. The van der Waals surface area contributed by atoms with Gasteiger partial charge in [-0.1, -0.05) is 13.0 Å². The predicted molar refractivity (Wildman–Crippen MR) is 76.9 cm³/mol. The van der Waals surface area contributed by atoms with Gasteiger partial charge in [-0.25, -0.2) is 8.42 Å². The molecule has 1 aromatic carbocycles. The lowest BCUT2D eigenvalue weighted by Crippen LogP contribution is -2.42. The highest BCUT2D eigenvalue weighted by Crippen LogP contribution is 2.33. The van der Waals surface area contributed by atoms with Gasteiger partial charge >= 0.3 is 6.18 Å². The largest absolute Gasteiger partial charge is 0.416 e. The number of sulfonamides is 1. The quantitative estimate of drug-likeness (QED) is 0.897. The summed E-state index contributed by atoms with van der Waals surface area (Å²) in [5.74, 6) is 0. The molecule has 0 spiro atoms. The van der Waals surface area contributed by atoms with Crippen molar-refractivity contribution >= 4 is 10.0 Å². The molecule has 1 N–H and O–H groups in total. The molecule has 1 aromatic rings. The van der Waals surface area contributed by atoms with Gasteiger partial charge < -0.3 is 5.11 Å². The minimum Gasteiger partial charge on any atom is -0.389 e. The first-order valence-corrected chi connectivity index (χ1v) is 8.13. The number of aliphatic hydroxyl groups is 1. The van der Waals surface area contributed by atoms with Crippen LogP contribution in [0.4, 0.5) is 13.2 Å². The van der Waals surface area contributed by atoms with Crippen LogP contribution in [0, 0.1) is 6.92 Å². The Morgan fingerprint density at radius 1 is 1.23 bits per heavy atom. The molecule has 0 saturated heterocycles. The highest BCUT2D eigenvalue weighted by molar-refractivity contribution is 7.89. The van der Waals surface area contributed by atoms with Crippen molar-refractivity contribution < 1.29 is 26.7 Å². The molecule has 0 saturated carbocycles. The molecule has 0 atom stereocenters. The van der Waals surface area contributed by atoms with E-state index in [0.717, 1.165) is 16.4 Å². The zero-order chi connectivity index (χ0) is 17.3. The molecule has 22 heavy (non-hydrogen) atoms. The van der Waals surface area contributed by atoms with Crippen LogP contribution in [0.25, 0.3) is 0 Å². The molecule has 0 fully saturated rings. The number of rotatable bonds is 5. The maximum atomic E-state index is 12.9. The molecule has 8 heteroatoms. The Labute approximate surface area is 128 Å². The number of hydrogen-bond acceptors (Lipinski definition) is 3. The first kappa shape index (κ1) is 18.9. The second-order valence-corrected chi connectivity index (χ2v) is 7.66. The molecular formula is C14H20F3NO3S. The summed E-state index contributed by atoms with van der Waals surface area (Å²) >= 11 is 0. The number of nitrogens with zero attached hydrogens (tertiary/aromatic N) is 1. The van der Waals surface area contributed by atoms with Crippen LogP contribution in [0.3, 0.4) is 0 Å². The van der Waals surface area contributed by atoms with Crippen LogP contribution in [0.5, 0.6) is 0 Å². The molecule has 0 aromatic heterocycles. The van der Waals surface area contributed by atoms with Gasteiger partial charge in [0.25, 0.3) is 0 Å². The summed E-state index contributed by atoms with van der Waals surface area (Å²) in [4.78, 5) is -0.434. The van der Waals surface area contributed by atoms with E-state index in [-0.39, 0.29) is 18.7 Å². The minimum absolute atomic E-state index is 0.0432. The number of alkyl halides is 3.